The predicted octanol–water partition coefficient (Wildman–Crippen LogP) is 3.45. The fraction of sp³-hybridized carbons (Fsp3) is 0.0714. The van der Waals surface area contributed by atoms with Gasteiger partial charge in [-0.25, -0.2) is 4.39 Å². The van der Waals surface area contributed by atoms with Crippen molar-refractivity contribution in [3.8, 4) is 11.5 Å². The van der Waals surface area contributed by atoms with Crippen molar-refractivity contribution in [2.45, 2.75) is 0 Å². The molecule has 0 fully saturated rings. The second-order valence-corrected chi connectivity index (χ2v) is 4.37. The zero-order valence-corrected chi connectivity index (χ0v) is 11.2. The number of nitrogens with one attached hydrogen (secondary N) is 1. The molecule has 1 amide bonds. The first-order valence-electron chi connectivity index (χ1n) is 5.64. The molecule has 0 saturated carbocycles. The lowest BCUT2D eigenvalue weighted by atomic mass is 10.1. The summed E-state index contributed by atoms with van der Waals surface area (Å²) in [4.78, 5) is 12.0. The molecule has 0 aliphatic carbocycles. The van der Waals surface area contributed by atoms with Crippen LogP contribution in [0.3, 0.4) is 0 Å². The quantitative estimate of drug-likeness (QED) is 0.912. The lowest BCUT2D eigenvalue weighted by Gasteiger charge is -2.09. The van der Waals surface area contributed by atoms with Gasteiger partial charge in [0.1, 0.15) is 17.3 Å². The van der Waals surface area contributed by atoms with Crippen molar-refractivity contribution < 1.29 is 19.0 Å². The standard InChI is InChI=1S/C14H11ClFNO3/c1-20-9-3-4-10(13(18)7-9)14(19)17-12-5-2-8(16)6-11(12)15/h2-7,18H,1H3,(H,17,19). The number of anilines is 1. The number of methoxy groups -OCH3 is 1. The lowest BCUT2D eigenvalue weighted by Crippen LogP contribution is -2.12. The van der Waals surface area contributed by atoms with Gasteiger partial charge in [0.25, 0.3) is 5.91 Å². The van der Waals surface area contributed by atoms with Crippen LogP contribution in [0, 0.1) is 5.82 Å². The third-order valence-corrected chi connectivity index (χ3v) is 2.94. The van der Waals surface area contributed by atoms with Crippen molar-refractivity contribution in [1.29, 1.82) is 0 Å². The molecule has 0 unspecified atom stereocenters. The molecule has 0 spiro atoms. The van der Waals surface area contributed by atoms with Crippen LogP contribution in [0.4, 0.5) is 10.1 Å². The summed E-state index contributed by atoms with van der Waals surface area (Å²) in [6, 6.07) is 7.89. The van der Waals surface area contributed by atoms with Crippen molar-refractivity contribution in [3.05, 3.63) is 52.8 Å². The number of carbonyl (C=O) groups excluding carboxylic acids is 1. The average Bonchev–Trinajstić information content (AvgIpc) is 2.41. The average molecular weight is 296 g/mol. The molecule has 0 aliphatic heterocycles. The monoisotopic (exact) mass is 295 g/mol. The number of amides is 1. The van der Waals surface area contributed by atoms with E-state index in [1.165, 1.54) is 31.4 Å². The molecule has 0 saturated heterocycles. The lowest BCUT2D eigenvalue weighted by molar-refractivity contribution is 0.102. The smallest absolute Gasteiger partial charge is 0.259 e. The summed E-state index contributed by atoms with van der Waals surface area (Å²) in [6.07, 6.45) is 0. The highest BCUT2D eigenvalue weighted by atomic mass is 35.5. The molecule has 0 bridgehead atoms. The number of phenolic OH excluding ortho intramolecular Hbond substituents is 1. The Hall–Kier alpha value is -2.27. The van der Waals surface area contributed by atoms with Gasteiger partial charge in [-0.05, 0) is 30.3 Å². The first kappa shape index (κ1) is 14.1. The molecule has 2 aromatic rings. The molecule has 2 N–H and O–H groups in total. The summed E-state index contributed by atoms with van der Waals surface area (Å²) in [5.74, 6) is -0.849. The van der Waals surface area contributed by atoms with Gasteiger partial charge in [0, 0.05) is 6.07 Å². The van der Waals surface area contributed by atoms with Crippen molar-refractivity contribution in [3.63, 3.8) is 0 Å². The third-order valence-electron chi connectivity index (χ3n) is 2.63. The van der Waals surface area contributed by atoms with E-state index in [0.717, 1.165) is 6.07 Å². The number of hydrogen-bond donors (Lipinski definition) is 2. The number of hydrogen-bond acceptors (Lipinski definition) is 3. The Bertz CT molecular complexity index is 661. The molecule has 0 aliphatic rings. The summed E-state index contributed by atoms with van der Waals surface area (Å²) in [5.41, 5.74) is 0.319. The molecule has 20 heavy (non-hydrogen) atoms. The maximum Gasteiger partial charge on any atom is 0.259 e. The van der Waals surface area contributed by atoms with Crippen LogP contribution in [0.15, 0.2) is 36.4 Å². The molecule has 4 nitrogen and oxygen atoms in total. The minimum absolute atomic E-state index is 0.0613. The minimum atomic E-state index is -0.557. The van der Waals surface area contributed by atoms with E-state index in [1.807, 2.05) is 0 Å². The van der Waals surface area contributed by atoms with E-state index in [4.69, 9.17) is 16.3 Å². The Morgan fingerprint density at radius 2 is 2.05 bits per heavy atom. The Kier molecular flexibility index (Phi) is 4.10. The molecule has 0 heterocycles. The molecule has 0 radical (unpaired) electrons. The van der Waals surface area contributed by atoms with Gasteiger partial charge in [-0.1, -0.05) is 11.6 Å². The molecule has 6 heteroatoms. The van der Waals surface area contributed by atoms with Crippen LogP contribution in [0.5, 0.6) is 11.5 Å². The van der Waals surface area contributed by atoms with Crippen molar-refractivity contribution in [2.75, 3.05) is 12.4 Å². The van der Waals surface area contributed by atoms with Crippen LogP contribution in [0.1, 0.15) is 10.4 Å². The van der Waals surface area contributed by atoms with E-state index in [1.54, 1.807) is 6.07 Å². The SMILES string of the molecule is COc1ccc(C(=O)Nc2ccc(F)cc2Cl)c(O)c1. The predicted molar refractivity (Wildman–Crippen MR) is 74.0 cm³/mol. The van der Waals surface area contributed by atoms with Gasteiger partial charge in [-0.15, -0.1) is 0 Å². The van der Waals surface area contributed by atoms with Gasteiger partial charge in [-0.2, -0.15) is 0 Å². The summed E-state index contributed by atoms with van der Waals surface area (Å²) >= 11 is 5.81. The number of halogens is 2. The Morgan fingerprint density at radius 3 is 2.65 bits per heavy atom. The molecule has 2 rings (SSSR count). The molecule has 104 valence electrons. The van der Waals surface area contributed by atoms with Crippen molar-refractivity contribution >= 4 is 23.2 Å². The Balaban J connectivity index is 2.24. The van der Waals surface area contributed by atoms with E-state index >= 15 is 0 Å². The Morgan fingerprint density at radius 1 is 1.30 bits per heavy atom. The van der Waals surface area contributed by atoms with Crippen LogP contribution in [-0.4, -0.2) is 18.1 Å². The molecule has 2 aromatic carbocycles. The normalized spacial score (nSPS) is 10.2. The highest BCUT2D eigenvalue weighted by Gasteiger charge is 2.13. The first-order chi connectivity index (χ1) is 9.51. The van der Waals surface area contributed by atoms with E-state index in [9.17, 15) is 14.3 Å². The zero-order valence-electron chi connectivity index (χ0n) is 10.5. The number of carbonyl (C=O) groups is 1. The van der Waals surface area contributed by atoms with E-state index in [0.29, 0.717) is 5.75 Å². The van der Waals surface area contributed by atoms with Gasteiger partial charge in [0.15, 0.2) is 0 Å². The van der Waals surface area contributed by atoms with Crippen molar-refractivity contribution in [2.24, 2.45) is 0 Å². The minimum Gasteiger partial charge on any atom is -0.507 e. The van der Waals surface area contributed by atoms with E-state index in [-0.39, 0.29) is 22.0 Å². The fourth-order valence-electron chi connectivity index (χ4n) is 1.61. The van der Waals surface area contributed by atoms with Gasteiger partial charge in [0.2, 0.25) is 0 Å². The summed E-state index contributed by atoms with van der Waals surface area (Å²) in [5, 5.41) is 12.3. The number of phenols is 1. The summed E-state index contributed by atoms with van der Waals surface area (Å²) in [7, 11) is 1.45. The second kappa shape index (κ2) is 5.79. The summed E-state index contributed by atoms with van der Waals surface area (Å²) in [6.45, 7) is 0. The molecular weight excluding hydrogens is 285 g/mol. The summed E-state index contributed by atoms with van der Waals surface area (Å²) < 4.78 is 17.8. The Labute approximate surface area is 119 Å². The van der Waals surface area contributed by atoms with Gasteiger partial charge < -0.3 is 15.2 Å². The third kappa shape index (κ3) is 3.00. The molecule has 0 aromatic heterocycles. The zero-order chi connectivity index (χ0) is 14.7. The van der Waals surface area contributed by atoms with Gasteiger partial charge in [-0.3, -0.25) is 4.79 Å². The second-order valence-electron chi connectivity index (χ2n) is 3.96. The number of aromatic hydroxyl groups is 1. The highest BCUT2D eigenvalue weighted by Crippen LogP contribution is 2.26. The molecular formula is C14H11ClFNO3. The van der Waals surface area contributed by atoms with Gasteiger partial charge in [0.05, 0.1) is 23.4 Å². The van der Waals surface area contributed by atoms with Crippen molar-refractivity contribution in [1.82, 2.24) is 0 Å². The first-order valence-corrected chi connectivity index (χ1v) is 6.02. The van der Waals surface area contributed by atoms with Crippen LogP contribution in [-0.2, 0) is 0 Å². The maximum atomic E-state index is 12.9. The van der Waals surface area contributed by atoms with Crippen LogP contribution in [0.25, 0.3) is 0 Å². The maximum absolute atomic E-state index is 12.9. The number of ether oxygens (including phenoxy) is 1. The van der Waals surface area contributed by atoms with E-state index < -0.39 is 11.7 Å². The van der Waals surface area contributed by atoms with E-state index in [2.05, 4.69) is 5.32 Å². The van der Waals surface area contributed by atoms with Crippen LogP contribution in [0.2, 0.25) is 5.02 Å². The van der Waals surface area contributed by atoms with Crippen LogP contribution >= 0.6 is 11.6 Å². The number of rotatable bonds is 3. The topological polar surface area (TPSA) is 58.6 Å². The highest BCUT2D eigenvalue weighted by molar-refractivity contribution is 6.34. The van der Waals surface area contributed by atoms with Crippen LogP contribution < -0.4 is 10.1 Å². The largest absolute Gasteiger partial charge is 0.507 e. The van der Waals surface area contributed by atoms with Gasteiger partial charge >= 0.3 is 0 Å². The number of benzene rings is 2. The fourth-order valence-corrected chi connectivity index (χ4v) is 1.83. The molecule has 0 atom stereocenters.